The van der Waals surface area contributed by atoms with Crippen LogP contribution in [-0.4, -0.2) is 14.9 Å². The summed E-state index contributed by atoms with van der Waals surface area (Å²) in [6.07, 6.45) is 14.1. The summed E-state index contributed by atoms with van der Waals surface area (Å²) in [5.41, 5.74) is 1.03. The van der Waals surface area contributed by atoms with Crippen molar-refractivity contribution in [2.45, 2.75) is 70.9 Å². The summed E-state index contributed by atoms with van der Waals surface area (Å²) in [6, 6.07) is 0. The van der Waals surface area contributed by atoms with Gasteiger partial charge in [-0.25, -0.2) is 0 Å². The number of aliphatic hydroxyl groups is 1. The van der Waals surface area contributed by atoms with Crippen LogP contribution in [-0.2, 0) is 6.54 Å². The van der Waals surface area contributed by atoms with Crippen molar-refractivity contribution in [2.24, 2.45) is 17.8 Å². The third-order valence-electron chi connectivity index (χ3n) is 5.47. The minimum Gasteiger partial charge on any atom is -0.388 e. The molecule has 3 heteroatoms. The summed E-state index contributed by atoms with van der Waals surface area (Å²) in [6.45, 7) is 3.10. The van der Waals surface area contributed by atoms with E-state index in [2.05, 4.69) is 12.0 Å². The maximum absolute atomic E-state index is 10.7. The number of hydrogen-bond donors (Lipinski definition) is 1. The third kappa shape index (κ3) is 2.93. The van der Waals surface area contributed by atoms with E-state index in [1.165, 1.54) is 44.9 Å². The van der Waals surface area contributed by atoms with Gasteiger partial charge in [-0.3, -0.25) is 4.68 Å². The highest BCUT2D eigenvalue weighted by Crippen LogP contribution is 2.46. The highest BCUT2D eigenvalue weighted by Gasteiger charge is 2.35. The molecule has 0 spiro atoms. The Labute approximate surface area is 122 Å². The Morgan fingerprint density at radius 3 is 2.85 bits per heavy atom. The molecule has 3 nitrogen and oxygen atoms in total. The quantitative estimate of drug-likeness (QED) is 0.904. The van der Waals surface area contributed by atoms with Gasteiger partial charge in [-0.2, -0.15) is 5.10 Å². The normalized spacial score (nSPS) is 31.8. The molecule has 0 amide bonds. The Morgan fingerprint density at radius 2 is 2.05 bits per heavy atom. The van der Waals surface area contributed by atoms with E-state index in [1.807, 2.05) is 17.1 Å². The zero-order valence-electron chi connectivity index (χ0n) is 12.7. The Bertz CT molecular complexity index is 428. The summed E-state index contributed by atoms with van der Waals surface area (Å²) in [7, 11) is 0. The first-order chi connectivity index (χ1) is 9.78. The molecule has 3 rings (SSSR count). The van der Waals surface area contributed by atoms with Gasteiger partial charge in [0.15, 0.2) is 0 Å². The smallest absolute Gasteiger partial charge is 0.0848 e. The summed E-state index contributed by atoms with van der Waals surface area (Å²) >= 11 is 0. The van der Waals surface area contributed by atoms with Crippen LogP contribution in [0.15, 0.2) is 12.4 Å². The van der Waals surface area contributed by atoms with Gasteiger partial charge in [-0.15, -0.1) is 0 Å². The van der Waals surface area contributed by atoms with E-state index in [0.29, 0.717) is 5.92 Å². The Balaban J connectivity index is 1.62. The molecular weight excluding hydrogens is 248 g/mol. The first kappa shape index (κ1) is 14.1. The lowest BCUT2D eigenvalue weighted by Gasteiger charge is -2.40. The average molecular weight is 276 g/mol. The molecule has 0 radical (unpaired) electrons. The van der Waals surface area contributed by atoms with Crippen molar-refractivity contribution in [3.63, 3.8) is 0 Å². The van der Waals surface area contributed by atoms with Gasteiger partial charge in [0.1, 0.15) is 0 Å². The zero-order chi connectivity index (χ0) is 13.9. The van der Waals surface area contributed by atoms with Crippen molar-refractivity contribution < 1.29 is 5.11 Å². The summed E-state index contributed by atoms with van der Waals surface area (Å²) in [5.74, 6) is 2.28. The lowest BCUT2D eigenvalue weighted by molar-refractivity contribution is 0.0349. The molecule has 0 saturated heterocycles. The highest BCUT2D eigenvalue weighted by atomic mass is 16.3. The molecule has 1 aromatic rings. The lowest BCUT2D eigenvalue weighted by Crippen LogP contribution is -2.30. The van der Waals surface area contributed by atoms with Crippen molar-refractivity contribution in [2.75, 3.05) is 0 Å². The van der Waals surface area contributed by atoms with Crippen molar-refractivity contribution in [3.05, 3.63) is 18.0 Å². The second-order valence-corrected chi connectivity index (χ2v) is 6.86. The Hall–Kier alpha value is -0.830. The molecule has 0 aliphatic heterocycles. The van der Waals surface area contributed by atoms with E-state index in [4.69, 9.17) is 0 Å². The van der Waals surface area contributed by atoms with Crippen LogP contribution in [0.25, 0.3) is 0 Å². The Morgan fingerprint density at radius 1 is 1.25 bits per heavy atom. The number of nitrogens with zero attached hydrogens (tertiary/aromatic N) is 2. The van der Waals surface area contributed by atoms with Gasteiger partial charge in [0, 0.05) is 18.3 Å². The van der Waals surface area contributed by atoms with Gasteiger partial charge in [0.25, 0.3) is 0 Å². The van der Waals surface area contributed by atoms with Crippen LogP contribution in [0.4, 0.5) is 0 Å². The Kier molecular flexibility index (Phi) is 4.45. The van der Waals surface area contributed by atoms with E-state index >= 15 is 0 Å². The van der Waals surface area contributed by atoms with Crippen LogP contribution in [0.3, 0.4) is 0 Å². The van der Waals surface area contributed by atoms with Crippen LogP contribution in [0.2, 0.25) is 0 Å². The van der Waals surface area contributed by atoms with Gasteiger partial charge in [-0.05, 0) is 43.4 Å². The molecular formula is C17H28N2O. The van der Waals surface area contributed by atoms with Gasteiger partial charge < -0.3 is 5.11 Å². The number of rotatable bonds is 4. The molecule has 20 heavy (non-hydrogen) atoms. The van der Waals surface area contributed by atoms with Gasteiger partial charge in [-0.1, -0.05) is 32.6 Å². The number of aromatic nitrogens is 2. The molecule has 2 saturated carbocycles. The van der Waals surface area contributed by atoms with E-state index in [-0.39, 0.29) is 6.10 Å². The first-order valence-corrected chi connectivity index (χ1v) is 8.48. The fourth-order valence-electron chi connectivity index (χ4n) is 4.35. The van der Waals surface area contributed by atoms with Gasteiger partial charge >= 0.3 is 0 Å². The van der Waals surface area contributed by atoms with Crippen LogP contribution in [0, 0.1) is 17.8 Å². The molecule has 2 fully saturated rings. The minimum absolute atomic E-state index is 0.302. The van der Waals surface area contributed by atoms with E-state index in [9.17, 15) is 5.11 Å². The lowest BCUT2D eigenvalue weighted by atomic mass is 9.66. The number of aryl methyl sites for hydroxylation is 1. The second kappa shape index (κ2) is 6.30. The van der Waals surface area contributed by atoms with Crippen molar-refractivity contribution in [1.82, 2.24) is 9.78 Å². The predicted octanol–water partition coefficient (Wildman–Crippen LogP) is 3.93. The molecule has 0 aromatic carbocycles. The van der Waals surface area contributed by atoms with E-state index in [1.54, 1.807) is 0 Å². The zero-order valence-corrected chi connectivity index (χ0v) is 12.7. The minimum atomic E-state index is -0.302. The molecule has 1 heterocycles. The molecule has 0 bridgehead atoms. The monoisotopic (exact) mass is 276 g/mol. The largest absolute Gasteiger partial charge is 0.388 e. The standard InChI is InChI=1S/C17H28N2O/c1-2-9-19-12-16(11-18-19)17(20)15-8-7-13-5-3-4-6-14(13)10-15/h11-15,17,20H,2-10H2,1H3. The van der Waals surface area contributed by atoms with E-state index in [0.717, 1.165) is 30.4 Å². The summed E-state index contributed by atoms with van der Waals surface area (Å²) < 4.78 is 1.96. The summed E-state index contributed by atoms with van der Waals surface area (Å²) in [4.78, 5) is 0. The molecule has 1 N–H and O–H groups in total. The molecule has 2 aliphatic rings. The number of hydrogen-bond acceptors (Lipinski definition) is 2. The van der Waals surface area contributed by atoms with Crippen LogP contribution in [0.5, 0.6) is 0 Å². The van der Waals surface area contributed by atoms with E-state index < -0.39 is 0 Å². The van der Waals surface area contributed by atoms with Crippen molar-refractivity contribution in [1.29, 1.82) is 0 Å². The van der Waals surface area contributed by atoms with Crippen molar-refractivity contribution >= 4 is 0 Å². The second-order valence-electron chi connectivity index (χ2n) is 6.86. The van der Waals surface area contributed by atoms with Crippen molar-refractivity contribution in [3.8, 4) is 0 Å². The molecule has 4 atom stereocenters. The summed E-state index contributed by atoms with van der Waals surface area (Å²) in [5, 5.41) is 15.0. The number of aliphatic hydroxyl groups excluding tert-OH is 1. The first-order valence-electron chi connectivity index (χ1n) is 8.48. The molecule has 4 unspecified atom stereocenters. The third-order valence-corrected chi connectivity index (χ3v) is 5.47. The predicted molar refractivity (Wildman–Crippen MR) is 80.3 cm³/mol. The highest BCUT2D eigenvalue weighted by molar-refractivity contribution is 5.10. The molecule has 112 valence electrons. The van der Waals surface area contributed by atoms with Gasteiger partial charge in [0.05, 0.1) is 12.3 Å². The maximum Gasteiger partial charge on any atom is 0.0848 e. The van der Waals surface area contributed by atoms with Gasteiger partial charge in [0.2, 0.25) is 0 Å². The fourth-order valence-corrected chi connectivity index (χ4v) is 4.35. The van der Waals surface area contributed by atoms with Crippen LogP contribution in [0.1, 0.15) is 70.0 Å². The molecule has 1 aromatic heterocycles. The average Bonchev–Trinajstić information content (AvgIpc) is 2.95. The van der Waals surface area contributed by atoms with Crippen LogP contribution >= 0.6 is 0 Å². The topological polar surface area (TPSA) is 38.0 Å². The molecule has 2 aliphatic carbocycles. The fraction of sp³-hybridized carbons (Fsp3) is 0.824. The van der Waals surface area contributed by atoms with Crippen LogP contribution < -0.4 is 0 Å². The SMILES string of the molecule is CCCn1cc(C(O)C2CCC3CCCCC3C2)cn1. The maximum atomic E-state index is 10.7. The number of fused-ring (bicyclic) bond motifs is 1.